The van der Waals surface area contributed by atoms with Gasteiger partial charge in [-0.3, -0.25) is 4.79 Å². The lowest BCUT2D eigenvalue weighted by atomic mass is 10.1. The monoisotopic (exact) mass is 334 g/mol. The van der Waals surface area contributed by atoms with Crippen LogP contribution in [0.15, 0.2) is 36.7 Å². The zero-order valence-corrected chi connectivity index (χ0v) is 14.3. The number of carbonyl (C=O) groups excluding carboxylic acids is 1. The molecule has 0 spiro atoms. The molecule has 122 valence electrons. The third kappa shape index (κ3) is 4.56. The van der Waals surface area contributed by atoms with E-state index in [1.54, 1.807) is 55.4 Å². The van der Waals surface area contributed by atoms with Crippen molar-refractivity contribution < 1.29 is 9.53 Å². The van der Waals surface area contributed by atoms with Gasteiger partial charge in [0.1, 0.15) is 5.75 Å². The molecule has 1 amide bonds. The predicted molar refractivity (Wildman–Crippen MR) is 91.1 cm³/mol. The van der Waals surface area contributed by atoms with Gasteiger partial charge in [0.05, 0.1) is 18.1 Å². The van der Waals surface area contributed by atoms with Crippen molar-refractivity contribution in [3.8, 4) is 5.75 Å². The number of anilines is 2. The average Bonchev–Trinajstić information content (AvgIpc) is 2.50. The molecule has 1 N–H and O–H groups in total. The summed E-state index contributed by atoms with van der Waals surface area (Å²) in [5, 5.41) is 3.36. The lowest BCUT2D eigenvalue weighted by Gasteiger charge is -2.25. The van der Waals surface area contributed by atoms with Gasteiger partial charge in [0.15, 0.2) is 5.60 Å². The van der Waals surface area contributed by atoms with E-state index in [1.807, 2.05) is 14.1 Å². The van der Waals surface area contributed by atoms with Crippen LogP contribution in [0.1, 0.15) is 13.8 Å². The molecule has 2 aromatic rings. The Kier molecular flexibility index (Phi) is 5.05. The molecule has 0 radical (unpaired) electrons. The number of benzene rings is 1. The summed E-state index contributed by atoms with van der Waals surface area (Å²) in [6, 6.07) is 6.84. The first-order chi connectivity index (χ1) is 10.8. The van der Waals surface area contributed by atoms with Gasteiger partial charge in [0.25, 0.3) is 5.91 Å². The van der Waals surface area contributed by atoms with E-state index in [4.69, 9.17) is 16.3 Å². The molecule has 0 bridgehead atoms. The van der Waals surface area contributed by atoms with E-state index in [0.29, 0.717) is 22.4 Å². The molecular weight excluding hydrogens is 316 g/mol. The molecule has 0 saturated carbocycles. The lowest BCUT2D eigenvalue weighted by Crippen LogP contribution is -2.42. The fraction of sp³-hybridized carbons (Fsp3) is 0.312. The Labute approximate surface area is 140 Å². The van der Waals surface area contributed by atoms with Gasteiger partial charge in [0.2, 0.25) is 5.95 Å². The first kappa shape index (κ1) is 17.0. The minimum absolute atomic E-state index is 0.298. The zero-order chi connectivity index (χ0) is 17.0. The maximum absolute atomic E-state index is 12.4. The Morgan fingerprint density at radius 1 is 1.17 bits per heavy atom. The van der Waals surface area contributed by atoms with Crippen molar-refractivity contribution >= 4 is 29.1 Å². The summed E-state index contributed by atoms with van der Waals surface area (Å²) in [4.78, 5) is 22.5. The Morgan fingerprint density at radius 2 is 1.74 bits per heavy atom. The highest BCUT2D eigenvalue weighted by Gasteiger charge is 2.30. The fourth-order valence-corrected chi connectivity index (χ4v) is 1.87. The van der Waals surface area contributed by atoms with Crippen LogP contribution >= 0.6 is 11.6 Å². The van der Waals surface area contributed by atoms with E-state index in [1.165, 1.54) is 0 Å². The van der Waals surface area contributed by atoms with Crippen LogP contribution in [0.3, 0.4) is 0 Å². The van der Waals surface area contributed by atoms with E-state index in [0.717, 1.165) is 0 Å². The second-order valence-electron chi connectivity index (χ2n) is 5.69. The number of nitrogens with one attached hydrogen (secondary N) is 1. The molecule has 0 atom stereocenters. The Balaban J connectivity index is 2.04. The number of halogens is 1. The maximum Gasteiger partial charge on any atom is 0.268 e. The second-order valence-corrected chi connectivity index (χ2v) is 6.12. The Bertz CT molecular complexity index is 669. The molecule has 0 aliphatic carbocycles. The molecule has 7 heteroatoms. The number of hydrogen-bond acceptors (Lipinski definition) is 5. The summed E-state index contributed by atoms with van der Waals surface area (Å²) in [6.45, 7) is 3.37. The first-order valence-electron chi connectivity index (χ1n) is 7.03. The predicted octanol–water partition coefficient (Wildman–Crippen LogP) is 2.99. The molecule has 0 unspecified atom stereocenters. The van der Waals surface area contributed by atoms with E-state index in [9.17, 15) is 4.79 Å². The number of rotatable bonds is 5. The van der Waals surface area contributed by atoms with Crippen LogP contribution in [0.25, 0.3) is 0 Å². The van der Waals surface area contributed by atoms with E-state index in [2.05, 4.69) is 15.3 Å². The summed E-state index contributed by atoms with van der Waals surface area (Å²) in [7, 11) is 3.69. The summed E-state index contributed by atoms with van der Waals surface area (Å²) < 4.78 is 5.73. The van der Waals surface area contributed by atoms with Crippen molar-refractivity contribution in [1.82, 2.24) is 9.97 Å². The van der Waals surface area contributed by atoms with Crippen molar-refractivity contribution in [2.45, 2.75) is 19.4 Å². The number of ether oxygens (including phenoxy) is 1. The number of amides is 1. The SMILES string of the molecule is CN(C)c1ncc(NC(=O)C(C)(C)Oc2ccc(Cl)cc2)cn1. The van der Waals surface area contributed by atoms with E-state index < -0.39 is 5.60 Å². The van der Waals surface area contributed by atoms with Gasteiger partial charge < -0.3 is 15.0 Å². The summed E-state index contributed by atoms with van der Waals surface area (Å²) >= 11 is 5.84. The number of carbonyl (C=O) groups is 1. The Hall–Kier alpha value is -2.34. The van der Waals surface area contributed by atoms with Crippen LogP contribution in [-0.4, -0.2) is 35.6 Å². The molecule has 0 aliphatic heterocycles. The second kappa shape index (κ2) is 6.83. The van der Waals surface area contributed by atoms with Gasteiger partial charge in [-0.15, -0.1) is 0 Å². The van der Waals surface area contributed by atoms with Crippen LogP contribution in [-0.2, 0) is 4.79 Å². The molecule has 1 heterocycles. The molecule has 6 nitrogen and oxygen atoms in total. The normalized spacial score (nSPS) is 11.0. The van der Waals surface area contributed by atoms with Crippen LogP contribution in [0.2, 0.25) is 5.02 Å². The van der Waals surface area contributed by atoms with Gasteiger partial charge in [-0.05, 0) is 38.1 Å². The molecule has 0 saturated heterocycles. The minimum Gasteiger partial charge on any atom is -0.478 e. The smallest absolute Gasteiger partial charge is 0.268 e. The van der Waals surface area contributed by atoms with Crippen molar-refractivity contribution in [2.24, 2.45) is 0 Å². The zero-order valence-electron chi connectivity index (χ0n) is 13.5. The van der Waals surface area contributed by atoms with E-state index >= 15 is 0 Å². The molecule has 1 aromatic heterocycles. The fourth-order valence-electron chi connectivity index (χ4n) is 1.74. The lowest BCUT2D eigenvalue weighted by molar-refractivity contribution is -0.128. The molecule has 23 heavy (non-hydrogen) atoms. The van der Waals surface area contributed by atoms with Crippen LogP contribution in [0, 0.1) is 0 Å². The summed E-state index contributed by atoms with van der Waals surface area (Å²) in [5.74, 6) is 0.835. The highest BCUT2D eigenvalue weighted by atomic mass is 35.5. The highest BCUT2D eigenvalue weighted by molar-refractivity contribution is 6.30. The number of aromatic nitrogens is 2. The van der Waals surface area contributed by atoms with Crippen molar-refractivity contribution in [3.05, 3.63) is 41.7 Å². The highest BCUT2D eigenvalue weighted by Crippen LogP contribution is 2.22. The van der Waals surface area contributed by atoms with Crippen LogP contribution < -0.4 is 15.0 Å². The summed E-state index contributed by atoms with van der Waals surface area (Å²) in [6.07, 6.45) is 3.11. The number of nitrogens with zero attached hydrogens (tertiary/aromatic N) is 3. The van der Waals surface area contributed by atoms with E-state index in [-0.39, 0.29) is 5.91 Å². The average molecular weight is 335 g/mol. The van der Waals surface area contributed by atoms with Crippen molar-refractivity contribution in [1.29, 1.82) is 0 Å². The molecular formula is C16H19ClN4O2. The summed E-state index contributed by atoms with van der Waals surface area (Å²) in [5.41, 5.74) is -0.554. The quantitative estimate of drug-likeness (QED) is 0.910. The van der Waals surface area contributed by atoms with Crippen LogP contribution in [0.5, 0.6) is 5.75 Å². The molecule has 2 rings (SSSR count). The topological polar surface area (TPSA) is 67.4 Å². The molecule has 0 fully saturated rings. The maximum atomic E-state index is 12.4. The molecule has 0 aliphatic rings. The third-order valence-corrected chi connectivity index (χ3v) is 3.28. The van der Waals surface area contributed by atoms with Gasteiger partial charge in [-0.2, -0.15) is 0 Å². The van der Waals surface area contributed by atoms with Gasteiger partial charge in [0, 0.05) is 19.1 Å². The van der Waals surface area contributed by atoms with Gasteiger partial charge >= 0.3 is 0 Å². The number of hydrogen-bond donors (Lipinski definition) is 1. The third-order valence-electron chi connectivity index (χ3n) is 3.03. The minimum atomic E-state index is -1.06. The van der Waals surface area contributed by atoms with Crippen molar-refractivity contribution in [2.75, 3.05) is 24.3 Å². The van der Waals surface area contributed by atoms with Gasteiger partial charge in [-0.25, -0.2) is 9.97 Å². The van der Waals surface area contributed by atoms with Crippen LogP contribution in [0.4, 0.5) is 11.6 Å². The van der Waals surface area contributed by atoms with Crippen molar-refractivity contribution in [3.63, 3.8) is 0 Å². The standard InChI is InChI=1S/C16H19ClN4O2/c1-16(2,23-13-7-5-11(17)6-8-13)14(22)20-12-9-18-15(19-10-12)21(3)4/h5-10H,1-4H3,(H,20,22). The Morgan fingerprint density at radius 3 is 2.26 bits per heavy atom. The van der Waals surface area contributed by atoms with Gasteiger partial charge in [-0.1, -0.05) is 11.6 Å². The first-order valence-corrected chi connectivity index (χ1v) is 7.41. The molecule has 1 aromatic carbocycles. The largest absolute Gasteiger partial charge is 0.478 e.